The van der Waals surface area contributed by atoms with Crippen LogP contribution < -0.4 is 14.7 Å². The monoisotopic (exact) mass is 704 g/mol. The van der Waals surface area contributed by atoms with Gasteiger partial charge in [0.2, 0.25) is 0 Å². The van der Waals surface area contributed by atoms with E-state index < -0.39 is 0 Å². The molecular formula is C51H36N4. The van der Waals surface area contributed by atoms with Crippen molar-refractivity contribution in [1.29, 1.82) is 0 Å². The summed E-state index contributed by atoms with van der Waals surface area (Å²) in [5, 5.41) is 2.42. The molecule has 8 aromatic carbocycles. The maximum absolute atomic E-state index is 5.08. The van der Waals surface area contributed by atoms with Crippen LogP contribution in [0.3, 0.4) is 0 Å². The van der Waals surface area contributed by atoms with Crippen LogP contribution in [0.25, 0.3) is 33.0 Å². The van der Waals surface area contributed by atoms with Gasteiger partial charge in [0.1, 0.15) is 5.82 Å². The Balaban J connectivity index is 1.12. The van der Waals surface area contributed by atoms with Crippen LogP contribution in [0.2, 0.25) is 0 Å². The summed E-state index contributed by atoms with van der Waals surface area (Å²) in [6.45, 7) is 0. The van der Waals surface area contributed by atoms with E-state index in [-0.39, 0.29) is 0 Å². The molecule has 0 amide bonds. The highest BCUT2D eigenvalue weighted by atomic mass is 15.2. The van der Waals surface area contributed by atoms with Gasteiger partial charge in [-0.25, -0.2) is 4.98 Å². The second-order valence-electron chi connectivity index (χ2n) is 13.7. The molecule has 0 spiro atoms. The minimum absolute atomic E-state index is 0.865. The fourth-order valence-electron chi connectivity index (χ4n) is 7.95. The molecule has 0 radical (unpaired) electrons. The number of rotatable bonds is 8. The lowest BCUT2D eigenvalue weighted by Gasteiger charge is -2.35. The first-order chi connectivity index (χ1) is 27.3. The fraction of sp³-hybridized carbons (Fsp3) is 0. The third kappa shape index (κ3) is 5.77. The number of hydrogen-bond acceptors (Lipinski definition) is 4. The summed E-state index contributed by atoms with van der Waals surface area (Å²) in [4.78, 5) is 12.0. The van der Waals surface area contributed by atoms with E-state index in [9.17, 15) is 0 Å². The van der Waals surface area contributed by atoms with E-state index >= 15 is 0 Å². The fourth-order valence-corrected chi connectivity index (χ4v) is 7.95. The molecule has 0 saturated carbocycles. The quantitative estimate of drug-likeness (QED) is 0.157. The second-order valence-corrected chi connectivity index (χ2v) is 13.7. The van der Waals surface area contributed by atoms with E-state index in [4.69, 9.17) is 4.98 Å². The van der Waals surface area contributed by atoms with E-state index in [1.54, 1.807) is 0 Å². The van der Waals surface area contributed by atoms with E-state index in [1.807, 2.05) is 18.3 Å². The van der Waals surface area contributed by atoms with Crippen molar-refractivity contribution in [2.75, 3.05) is 14.7 Å². The number of para-hydroxylation sites is 5. The van der Waals surface area contributed by atoms with Gasteiger partial charge in [-0.15, -0.1) is 0 Å². The zero-order chi connectivity index (χ0) is 36.6. The van der Waals surface area contributed by atoms with Crippen LogP contribution >= 0.6 is 0 Å². The first-order valence-corrected chi connectivity index (χ1v) is 18.6. The largest absolute Gasteiger partial charge is 0.310 e. The van der Waals surface area contributed by atoms with Crippen molar-refractivity contribution in [3.63, 3.8) is 0 Å². The van der Waals surface area contributed by atoms with Crippen LogP contribution in [0.15, 0.2) is 219 Å². The number of anilines is 9. The van der Waals surface area contributed by atoms with Gasteiger partial charge in [-0.2, -0.15) is 0 Å². The summed E-state index contributed by atoms with van der Waals surface area (Å²) >= 11 is 0. The molecule has 55 heavy (non-hydrogen) atoms. The van der Waals surface area contributed by atoms with Gasteiger partial charge in [0.15, 0.2) is 0 Å². The van der Waals surface area contributed by atoms with Crippen LogP contribution in [0, 0.1) is 0 Å². The zero-order valence-electron chi connectivity index (χ0n) is 30.1. The first-order valence-electron chi connectivity index (χ1n) is 18.6. The van der Waals surface area contributed by atoms with E-state index in [0.29, 0.717) is 0 Å². The van der Waals surface area contributed by atoms with Gasteiger partial charge in [-0.05, 0) is 108 Å². The van der Waals surface area contributed by atoms with Crippen LogP contribution in [-0.4, -0.2) is 4.98 Å². The highest BCUT2D eigenvalue weighted by Gasteiger charge is 2.28. The topological polar surface area (TPSA) is 22.6 Å². The Morgan fingerprint density at radius 1 is 0.364 bits per heavy atom. The third-order valence-corrected chi connectivity index (χ3v) is 10.4. The van der Waals surface area contributed by atoms with Crippen molar-refractivity contribution in [3.05, 3.63) is 219 Å². The number of benzene rings is 8. The molecule has 1 aliphatic rings. The minimum atomic E-state index is 0.865. The predicted molar refractivity (Wildman–Crippen MR) is 230 cm³/mol. The van der Waals surface area contributed by atoms with E-state index in [2.05, 4.69) is 215 Å². The van der Waals surface area contributed by atoms with Crippen LogP contribution in [0.5, 0.6) is 0 Å². The van der Waals surface area contributed by atoms with Crippen molar-refractivity contribution >= 4 is 62.1 Å². The molecule has 260 valence electrons. The molecule has 1 aromatic heterocycles. The molecule has 0 atom stereocenters. The maximum Gasteiger partial charge on any atom is 0.137 e. The Kier molecular flexibility index (Phi) is 8.12. The summed E-state index contributed by atoms with van der Waals surface area (Å²) in [6, 6.07) is 75.2. The van der Waals surface area contributed by atoms with Gasteiger partial charge in [0.25, 0.3) is 0 Å². The van der Waals surface area contributed by atoms with Crippen LogP contribution in [-0.2, 0) is 0 Å². The molecule has 0 aliphatic carbocycles. The molecule has 0 unspecified atom stereocenters. The third-order valence-electron chi connectivity index (χ3n) is 10.4. The van der Waals surface area contributed by atoms with Gasteiger partial charge in [0, 0.05) is 56.8 Å². The smallest absolute Gasteiger partial charge is 0.137 e. The average molecular weight is 705 g/mol. The van der Waals surface area contributed by atoms with Crippen molar-refractivity contribution in [2.24, 2.45) is 0 Å². The highest BCUT2D eigenvalue weighted by Crippen LogP contribution is 2.54. The molecule has 10 rings (SSSR count). The summed E-state index contributed by atoms with van der Waals surface area (Å²) in [6.07, 6.45) is 2.01. The molecule has 9 aromatic rings. The molecular weight excluding hydrogens is 669 g/mol. The Labute approximate surface area is 321 Å². The van der Waals surface area contributed by atoms with Crippen LogP contribution in [0.4, 0.5) is 51.3 Å². The molecule has 0 bridgehead atoms. The Hall–Kier alpha value is -7.43. The molecule has 1 aliphatic heterocycles. The van der Waals surface area contributed by atoms with Gasteiger partial charge in [-0.3, -0.25) is 4.90 Å². The van der Waals surface area contributed by atoms with Gasteiger partial charge >= 0.3 is 0 Å². The lowest BCUT2D eigenvalue weighted by molar-refractivity contribution is 1.18. The molecule has 4 nitrogen and oxygen atoms in total. The summed E-state index contributed by atoms with van der Waals surface area (Å²) < 4.78 is 0. The van der Waals surface area contributed by atoms with E-state index in [1.165, 1.54) is 21.9 Å². The maximum atomic E-state index is 5.08. The van der Waals surface area contributed by atoms with Crippen LogP contribution in [0.1, 0.15) is 0 Å². The lowest BCUT2D eigenvalue weighted by Crippen LogP contribution is -2.17. The molecule has 2 heterocycles. The Morgan fingerprint density at radius 2 is 0.891 bits per heavy atom. The number of aromatic nitrogens is 1. The SMILES string of the molecule is c1ccc(N(c2ccccc2)c2ccc3c(c2)N(c2ccccc2)c2cccc4c(-c5ccc(N(c6ccccc6)c6ccccc6)nc5)ccc-3c24)cc1. The lowest BCUT2D eigenvalue weighted by atomic mass is 9.87. The number of pyridine rings is 1. The second kappa shape index (κ2) is 13.8. The minimum Gasteiger partial charge on any atom is -0.310 e. The predicted octanol–water partition coefficient (Wildman–Crippen LogP) is 14.3. The summed E-state index contributed by atoms with van der Waals surface area (Å²) in [5.74, 6) is 0.865. The van der Waals surface area contributed by atoms with Crippen molar-refractivity contribution in [1.82, 2.24) is 4.98 Å². The van der Waals surface area contributed by atoms with Gasteiger partial charge in [-0.1, -0.05) is 121 Å². The Bertz CT molecular complexity index is 2660. The van der Waals surface area contributed by atoms with Crippen molar-refractivity contribution < 1.29 is 0 Å². The molecule has 4 heteroatoms. The van der Waals surface area contributed by atoms with Gasteiger partial charge < -0.3 is 9.80 Å². The van der Waals surface area contributed by atoms with Crippen molar-refractivity contribution in [3.8, 4) is 22.3 Å². The highest BCUT2D eigenvalue weighted by molar-refractivity contribution is 6.17. The summed E-state index contributed by atoms with van der Waals surface area (Å²) in [7, 11) is 0. The molecule has 0 fully saturated rings. The molecule has 0 N–H and O–H groups in total. The number of nitrogens with zero attached hydrogens (tertiary/aromatic N) is 4. The van der Waals surface area contributed by atoms with Gasteiger partial charge in [0.05, 0.1) is 11.4 Å². The Morgan fingerprint density at radius 3 is 1.45 bits per heavy atom. The van der Waals surface area contributed by atoms with Crippen molar-refractivity contribution in [2.45, 2.75) is 0 Å². The first kappa shape index (κ1) is 32.2. The standard InChI is InChI=1S/C51H36N4/c1-6-17-38(18-7-1)53(39-19-8-2-9-20-39)43-30-31-45-47-33-32-44(46-27-16-28-48(51(46)47)55(49(45)35-43)42-25-14-5-15-26-42)37-29-34-50(52-36-37)54(40-21-10-3-11-22-40)41-23-12-4-13-24-41/h1-36H. The summed E-state index contributed by atoms with van der Waals surface area (Å²) in [5.41, 5.74) is 13.5. The van der Waals surface area contributed by atoms with E-state index in [0.717, 1.165) is 62.4 Å². The zero-order valence-corrected chi connectivity index (χ0v) is 30.1. The normalized spacial score (nSPS) is 11.6. The number of fused-ring (bicyclic) bond motifs is 2. The molecule has 0 saturated heterocycles. The average Bonchev–Trinajstić information content (AvgIpc) is 3.26. The number of hydrogen-bond donors (Lipinski definition) is 0.